The summed E-state index contributed by atoms with van der Waals surface area (Å²) in [4.78, 5) is 11.3. The molecule has 1 aliphatic rings. The molecular weight excluding hydrogens is 226 g/mol. The van der Waals surface area contributed by atoms with Crippen molar-refractivity contribution in [1.82, 2.24) is 0 Å². The smallest absolute Gasteiger partial charge is 0.305 e. The summed E-state index contributed by atoms with van der Waals surface area (Å²) >= 11 is 0. The quantitative estimate of drug-likeness (QED) is 0.813. The van der Waals surface area contributed by atoms with Crippen molar-refractivity contribution >= 4 is 5.97 Å². The number of hydrogen-bond acceptors (Lipinski definition) is 3. The second-order valence-electron chi connectivity index (χ2n) is 4.83. The van der Waals surface area contributed by atoms with Gasteiger partial charge in [0.2, 0.25) is 0 Å². The fraction of sp³-hybridized carbons (Fsp3) is 0.533. The van der Waals surface area contributed by atoms with Crippen LogP contribution in [0.5, 0.6) is 0 Å². The van der Waals surface area contributed by atoms with Gasteiger partial charge in [-0.3, -0.25) is 4.79 Å². The van der Waals surface area contributed by atoms with E-state index in [2.05, 4.69) is 18.2 Å². The Morgan fingerprint density at radius 3 is 2.94 bits per heavy atom. The molecule has 1 unspecified atom stereocenters. The molecule has 1 atom stereocenters. The molecule has 0 radical (unpaired) electrons. The summed E-state index contributed by atoms with van der Waals surface area (Å²) in [5.74, 6) is -0.158. The average Bonchev–Trinajstić information content (AvgIpc) is 2.83. The van der Waals surface area contributed by atoms with Crippen LogP contribution in [0.25, 0.3) is 0 Å². The molecule has 1 aliphatic carbocycles. The molecule has 0 heterocycles. The number of aryl methyl sites for hydroxylation is 2. The zero-order valence-corrected chi connectivity index (χ0v) is 10.9. The number of hydrogen-bond donors (Lipinski definition) is 1. The van der Waals surface area contributed by atoms with Crippen LogP contribution >= 0.6 is 0 Å². The van der Waals surface area contributed by atoms with E-state index in [4.69, 9.17) is 10.5 Å². The summed E-state index contributed by atoms with van der Waals surface area (Å²) < 4.78 is 4.91. The van der Waals surface area contributed by atoms with Crippen molar-refractivity contribution in [3.8, 4) is 0 Å². The normalized spacial score (nSPS) is 15.2. The largest absolute Gasteiger partial charge is 0.466 e. The SMILES string of the molecule is CCOC(=O)CCC(N)c1ccc2c(c1)CCC2. The molecule has 98 valence electrons. The van der Waals surface area contributed by atoms with Crippen LogP contribution < -0.4 is 5.73 Å². The third-order valence-electron chi connectivity index (χ3n) is 3.52. The van der Waals surface area contributed by atoms with Crippen LogP contribution in [0.1, 0.15) is 48.9 Å². The zero-order valence-electron chi connectivity index (χ0n) is 10.9. The number of carbonyl (C=O) groups is 1. The van der Waals surface area contributed by atoms with Crippen molar-refractivity contribution in [2.45, 2.75) is 45.1 Å². The summed E-state index contributed by atoms with van der Waals surface area (Å²) in [6.45, 7) is 2.26. The molecule has 18 heavy (non-hydrogen) atoms. The van der Waals surface area contributed by atoms with E-state index in [1.165, 1.54) is 24.0 Å². The fourth-order valence-corrected chi connectivity index (χ4v) is 2.50. The lowest BCUT2D eigenvalue weighted by Gasteiger charge is -2.13. The standard InChI is InChI=1S/C15H21NO2/c1-2-18-15(17)9-8-14(16)13-7-6-11-4-3-5-12(11)10-13/h6-7,10,14H,2-5,8-9,16H2,1H3. The summed E-state index contributed by atoms with van der Waals surface area (Å²) in [6.07, 6.45) is 4.64. The first kappa shape index (κ1) is 13.1. The molecule has 0 saturated carbocycles. The topological polar surface area (TPSA) is 52.3 Å². The number of esters is 1. The highest BCUT2D eigenvalue weighted by Gasteiger charge is 2.14. The van der Waals surface area contributed by atoms with E-state index in [1.54, 1.807) is 0 Å². The van der Waals surface area contributed by atoms with E-state index in [0.29, 0.717) is 19.4 Å². The minimum absolute atomic E-state index is 0.0692. The van der Waals surface area contributed by atoms with E-state index in [9.17, 15) is 4.79 Å². The fourth-order valence-electron chi connectivity index (χ4n) is 2.50. The van der Waals surface area contributed by atoms with Crippen molar-refractivity contribution in [2.24, 2.45) is 5.73 Å². The molecule has 0 fully saturated rings. The molecule has 0 saturated heterocycles. The Labute approximate surface area is 108 Å². The van der Waals surface area contributed by atoms with Crippen LogP contribution in [0.3, 0.4) is 0 Å². The molecular formula is C15H21NO2. The molecule has 3 nitrogen and oxygen atoms in total. The lowest BCUT2D eigenvalue weighted by atomic mass is 9.99. The molecule has 0 spiro atoms. The van der Waals surface area contributed by atoms with Gasteiger partial charge in [0.05, 0.1) is 6.61 Å². The molecule has 2 rings (SSSR count). The third kappa shape index (κ3) is 3.10. The number of ether oxygens (including phenoxy) is 1. The first-order valence-electron chi connectivity index (χ1n) is 6.73. The Hall–Kier alpha value is -1.35. The van der Waals surface area contributed by atoms with Gasteiger partial charge in [0.25, 0.3) is 0 Å². The van der Waals surface area contributed by atoms with Crippen LogP contribution in [0.15, 0.2) is 18.2 Å². The van der Waals surface area contributed by atoms with Crippen molar-refractivity contribution in [2.75, 3.05) is 6.61 Å². The van der Waals surface area contributed by atoms with Crippen molar-refractivity contribution in [1.29, 1.82) is 0 Å². The Balaban J connectivity index is 1.92. The first-order chi connectivity index (χ1) is 8.70. The molecule has 0 aromatic heterocycles. The number of rotatable bonds is 5. The maximum absolute atomic E-state index is 11.3. The first-order valence-corrected chi connectivity index (χ1v) is 6.73. The Morgan fingerprint density at radius 1 is 1.39 bits per heavy atom. The number of fused-ring (bicyclic) bond motifs is 1. The summed E-state index contributed by atoms with van der Waals surface area (Å²) in [7, 11) is 0. The minimum Gasteiger partial charge on any atom is -0.466 e. The molecule has 1 aromatic carbocycles. The van der Waals surface area contributed by atoms with Gasteiger partial charge in [-0.2, -0.15) is 0 Å². The molecule has 0 aliphatic heterocycles. The van der Waals surface area contributed by atoms with Crippen molar-refractivity contribution < 1.29 is 9.53 Å². The molecule has 3 heteroatoms. The zero-order chi connectivity index (χ0) is 13.0. The van der Waals surface area contributed by atoms with Gasteiger partial charge in [-0.1, -0.05) is 18.2 Å². The Kier molecular flexibility index (Phi) is 4.37. The predicted molar refractivity (Wildman–Crippen MR) is 71.3 cm³/mol. The van der Waals surface area contributed by atoms with Gasteiger partial charge in [0.15, 0.2) is 0 Å². The molecule has 2 N–H and O–H groups in total. The van der Waals surface area contributed by atoms with E-state index in [-0.39, 0.29) is 12.0 Å². The molecule has 0 amide bonds. The van der Waals surface area contributed by atoms with Gasteiger partial charge in [-0.15, -0.1) is 0 Å². The number of carbonyl (C=O) groups excluding carboxylic acids is 1. The summed E-state index contributed by atoms with van der Waals surface area (Å²) in [6, 6.07) is 6.42. The van der Waals surface area contributed by atoms with Crippen molar-refractivity contribution in [3.05, 3.63) is 34.9 Å². The monoisotopic (exact) mass is 247 g/mol. The van der Waals surface area contributed by atoms with Gasteiger partial charge < -0.3 is 10.5 Å². The van der Waals surface area contributed by atoms with Crippen LogP contribution in [-0.2, 0) is 22.4 Å². The van der Waals surface area contributed by atoms with Crippen LogP contribution in [-0.4, -0.2) is 12.6 Å². The highest BCUT2D eigenvalue weighted by Crippen LogP contribution is 2.26. The predicted octanol–water partition coefficient (Wildman–Crippen LogP) is 2.52. The Bertz CT molecular complexity index is 429. The van der Waals surface area contributed by atoms with Gasteiger partial charge in [-0.05, 0) is 49.3 Å². The van der Waals surface area contributed by atoms with Gasteiger partial charge in [0.1, 0.15) is 0 Å². The highest BCUT2D eigenvalue weighted by molar-refractivity contribution is 5.69. The number of benzene rings is 1. The van der Waals surface area contributed by atoms with E-state index >= 15 is 0 Å². The van der Waals surface area contributed by atoms with Gasteiger partial charge in [0, 0.05) is 12.5 Å². The van der Waals surface area contributed by atoms with Crippen LogP contribution in [0, 0.1) is 0 Å². The highest BCUT2D eigenvalue weighted by atomic mass is 16.5. The third-order valence-corrected chi connectivity index (χ3v) is 3.52. The van der Waals surface area contributed by atoms with Crippen LogP contribution in [0.4, 0.5) is 0 Å². The average molecular weight is 247 g/mol. The number of nitrogens with two attached hydrogens (primary N) is 1. The lowest BCUT2D eigenvalue weighted by molar-refractivity contribution is -0.143. The van der Waals surface area contributed by atoms with Crippen LogP contribution in [0.2, 0.25) is 0 Å². The second-order valence-corrected chi connectivity index (χ2v) is 4.83. The van der Waals surface area contributed by atoms with Gasteiger partial charge >= 0.3 is 5.97 Å². The maximum atomic E-state index is 11.3. The molecule has 0 bridgehead atoms. The van der Waals surface area contributed by atoms with Crippen molar-refractivity contribution in [3.63, 3.8) is 0 Å². The van der Waals surface area contributed by atoms with E-state index in [0.717, 1.165) is 12.0 Å². The second kappa shape index (κ2) is 6.01. The lowest BCUT2D eigenvalue weighted by Crippen LogP contribution is -2.14. The Morgan fingerprint density at radius 2 is 2.17 bits per heavy atom. The molecule has 1 aromatic rings. The van der Waals surface area contributed by atoms with Gasteiger partial charge in [-0.25, -0.2) is 0 Å². The van der Waals surface area contributed by atoms with E-state index in [1.807, 2.05) is 6.92 Å². The summed E-state index contributed by atoms with van der Waals surface area (Å²) in [5, 5.41) is 0. The maximum Gasteiger partial charge on any atom is 0.305 e. The minimum atomic E-state index is -0.158. The van der Waals surface area contributed by atoms with E-state index < -0.39 is 0 Å². The summed E-state index contributed by atoms with van der Waals surface area (Å²) in [5.41, 5.74) is 10.1.